The number of nitrogens with zero attached hydrogens (tertiary/aromatic N) is 3. The van der Waals surface area contributed by atoms with Crippen molar-refractivity contribution in [1.82, 2.24) is 19.4 Å². The molecule has 0 atom stereocenters. The largest absolute Gasteiger partial charge is 0.464 e. The first-order chi connectivity index (χ1) is 13.5. The molecule has 146 valence electrons. The van der Waals surface area contributed by atoms with Crippen LogP contribution in [0.4, 0.5) is 0 Å². The molecule has 1 aromatic carbocycles. The van der Waals surface area contributed by atoms with E-state index in [1.165, 1.54) is 7.11 Å². The van der Waals surface area contributed by atoms with Crippen molar-refractivity contribution in [3.8, 4) is 0 Å². The number of halogens is 1. The highest BCUT2D eigenvalue weighted by Gasteiger charge is 2.24. The lowest BCUT2D eigenvalue weighted by Crippen LogP contribution is -2.35. The van der Waals surface area contributed by atoms with Gasteiger partial charge in [-0.1, -0.05) is 11.6 Å². The molecule has 0 bridgehead atoms. The highest BCUT2D eigenvalue weighted by Crippen LogP contribution is 2.25. The van der Waals surface area contributed by atoms with Crippen molar-refractivity contribution >= 4 is 28.5 Å². The van der Waals surface area contributed by atoms with Crippen LogP contribution < -0.4 is 5.56 Å². The van der Waals surface area contributed by atoms with Crippen LogP contribution in [0.2, 0.25) is 5.02 Å². The van der Waals surface area contributed by atoms with Crippen LogP contribution >= 0.6 is 11.6 Å². The van der Waals surface area contributed by atoms with Gasteiger partial charge in [0.1, 0.15) is 11.5 Å². The molecule has 0 aliphatic carbocycles. The minimum Gasteiger partial charge on any atom is -0.464 e. The molecule has 1 aliphatic heterocycles. The van der Waals surface area contributed by atoms with E-state index in [2.05, 4.69) is 14.9 Å². The predicted molar refractivity (Wildman–Crippen MR) is 107 cm³/mol. The molecule has 3 heterocycles. The number of piperidine rings is 1. The van der Waals surface area contributed by atoms with Gasteiger partial charge in [0.05, 0.1) is 24.6 Å². The Kier molecular flexibility index (Phi) is 5.19. The van der Waals surface area contributed by atoms with E-state index in [9.17, 15) is 9.59 Å². The first-order valence-electron chi connectivity index (χ1n) is 9.21. The van der Waals surface area contributed by atoms with Crippen LogP contribution in [0.25, 0.3) is 10.9 Å². The monoisotopic (exact) mass is 400 g/mol. The normalized spacial score (nSPS) is 15.8. The fraction of sp³-hybridized carbons (Fsp3) is 0.350. The molecule has 1 saturated heterocycles. The van der Waals surface area contributed by atoms with Crippen LogP contribution in [0, 0.1) is 0 Å². The summed E-state index contributed by atoms with van der Waals surface area (Å²) >= 11 is 5.96. The van der Waals surface area contributed by atoms with Crippen molar-refractivity contribution in [2.24, 2.45) is 0 Å². The summed E-state index contributed by atoms with van der Waals surface area (Å²) in [5.74, 6) is 0.333. The quantitative estimate of drug-likeness (QED) is 0.681. The zero-order chi connectivity index (χ0) is 19.7. The summed E-state index contributed by atoms with van der Waals surface area (Å²) in [6, 6.07) is 9.05. The Balaban J connectivity index is 1.44. The van der Waals surface area contributed by atoms with Crippen LogP contribution in [0.5, 0.6) is 0 Å². The van der Waals surface area contributed by atoms with Crippen LogP contribution in [0.3, 0.4) is 0 Å². The summed E-state index contributed by atoms with van der Waals surface area (Å²) in [5, 5.41) is 1.02. The molecule has 1 N–H and O–H groups in total. The standard InChI is InChI=1S/C20H21ClN4O3/c1-28-20(27)17-3-2-8-25(17)14-6-9-24(10-7-14)12-18-22-16-5-4-13(21)11-15(16)19(26)23-18/h2-5,8,11,14H,6-7,9-10,12H2,1H3,(H,22,23,26). The first-order valence-corrected chi connectivity index (χ1v) is 9.59. The van der Waals surface area contributed by atoms with Gasteiger partial charge < -0.3 is 14.3 Å². The second kappa shape index (κ2) is 7.77. The van der Waals surface area contributed by atoms with E-state index in [1.54, 1.807) is 24.3 Å². The number of benzene rings is 1. The second-order valence-electron chi connectivity index (χ2n) is 6.97. The van der Waals surface area contributed by atoms with Gasteiger partial charge in [-0.05, 0) is 43.2 Å². The lowest BCUT2D eigenvalue weighted by molar-refractivity contribution is 0.0581. The highest BCUT2D eigenvalue weighted by molar-refractivity contribution is 6.31. The lowest BCUT2D eigenvalue weighted by Gasteiger charge is -2.33. The van der Waals surface area contributed by atoms with Crippen molar-refractivity contribution in [2.45, 2.75) is 25.4 Å². The molecular formula is C20H21ClN4O3. The molecule has 1 aliphatic rings. The van der Waals surface area contributed by atoms with Crippen molar-refractivity contribution < 1.29 is 9.53 Å². The van der Waals surface area contributed by atoms with E-state index >= 15 is 0 Å². The third-order valence-corrected chi connectivity index (χ3v) is 5.45. The number of aromatic amines is 1. The summed E-state index contributed by atoms with van der Waals surface area (Å²) < 4.78 is 6.86. The number of carbonyl (C=O) groups is 1. The number of carbonyl (C=O) groups excluding carboxylic acids is 1. The number of aromatic nitrogens is 3. The number of H-pyrrole nitrogens is 1. The molecule has 8 heteroatoms. The molecule has 28 heavy (non-hydrogen) atoms. The smallest absolute Gasteiger partial charge is 0.354 e. The maximum Gasteiger partial charge on any atom is 0.354 e. The summed E-state index contributed by atoms with van der Waals surface area (Å²) in [6.07, 6.45) is 3.75. The number of methoxy groups -OCH3 is 1. The number of nitrogens with one attached hydrogen (secondary N) is 1. The van der Waals surface area contributed by atoms with E-state index in [0.717, 1.165) is 25.9 Å². The molecule has 0 spiro atoms. The molecular weight excluding hydrogens is 380 g/mol. The second-order valence-corrected chi connectivity index (χ2v) is 7.41. The molecule has 3 aromatic rings. The molecule has 0 saturated carbocycles. The maximum atomic E-state index is 12.3. The predicted octanol–water partition coefficient (Wildman–Crippen LogP) is 3.00. The number of fused-ring (bicyclic) bond motifs is 1. The zero-order valence-corrected chi connectivity index (χ0v) is 16.3. The Morgan fingerprint density at radius 1 is 1.32 bits per heavy atom. The third kappa shape index (κ3) is 3.68. The summed E-state index contributed by atoms with van der Waals surface area (Å²) in [7, 11) is 1.40. The van der Waals surface area contributed by atoms with Gasteiger partial charge in [-0.3, -0.25) is 9.69 Å². The van der Waals surface area contributed by atoms with Gasteiger partial charge in [-0.25, -0.2) is 9.78 Å². The SMILES string of the molecule is COC(=O)c1cccn1C1CCN(Cc2nc3ccc(Cl)cc3c(=O)[nH]2)CC1. The summed E-state index contributed by atoms with van der Waals surface area (Å²) in [4.78, 5) is 33.9. The first kappa shape index (κ1) is 18.7. The Labute approximate surface area is 166 Å². The van der Waals surface area contributed by atoms with E-state index in [-0.39, 0.29) is 17.6 Å². The van der Waals surface area contributed by atoms with Gasteiger partial charge in [0.2, 0.25) is 0 Å². The zero-order valence-electron chi connectivity index (χ0n) is 15.5. The molecule has 0 amide bonds. The maximum absolute atomic E-state index is 12.3. The summed E-state index contributed by atoms with van der Waals surface area (Å²) in [5.41, 5.74) is 1.06. The van der Waals surface area contributed by atoms with Crippen molar-refractivity contribution in [2.75, 3.05) is 20.2 Å². The van der Waals surface area contributed by atoms with E-state index in [0.29, 0.717) is 34.0 Å². The van der Waals surface area contributed by atoms with Crippen molar-refractivity contribution in [1.29, 1.82) is 0 Å². The van der Waals surface area contributed by atoms with Gasteiger partial charge in [-0.2, -0.15) is 0 Å². The van der Waals surface area contributed by atoms with Gasteiger partial charge in [0, 0.05) is 30.4 Å². The van der Waals surface area contributed by atoms with Gasteiger partial charge in [-0.15, -0.1) is 0 Å². The number of ether oxygens (including phenoxy) is 1. The Bertz CT molecular complexity index is 1070. The van der Waals surface area contributed by atoms with Crippen molar-refractivity contribution in [3.63, 3.8) is 0 Å². The lowest BCUT2D eigenvalue weighted by atomic mass is 10.0. The molecule has 7 nitrogen and oxygen atoms in total. The number of hydrogen-bond donors (Lipinski definition) is 1. The van der Waals surface area contributed by atoms with Crippen molar-refractivity contribution in [3.05, 3.63) is 63.4 Å². The number of hydrogen-bond acceptors (Lipinski definition) is 5. The summed E-state index contributed by atoms with van der Waals surface area (Å²) in [6.45, 7) is 2.29. The minimum absolute atomic E-state index is 0.174. The van der Waals surface area contributed by atoms with Gasteiger partial charge >= 0.3 is 5.97 Å². The van der Waals surface area contributed by atoms with Crippen LogP contribution in [0.1, 0.15) is 35.2 Å². The fourth-order valence-corrected chi connectivity index (χ4v) is 3.96. The average molecular weight is 401 g/mol. The average Bonchev–Trinajstić information content (AvgIpc) is 3.18. The molecule has 4 rings (SSSR count). The minimum atomic E-state index is -0.314. The van der Waals surface area contributed by atoms with E-state index in [4.69, 9.17) is 16.3 Å². The molecule has 1 fully saturated rings. The highest BCUT2D eigenvalue weighted by atomic mass is 35.5. The molecule has 2 aromatic heterocycles. The fourth-order valence-electron chi connectivity index (χ4n) is 3.79. The van der Waals surface area contributed by atoms with Gasteiger partial charge in [0.15, 0.2) is 0 Å². The topological polar surface area (TPSA) is 80.2 Å². The molecule has 0 unspecified atom stereocenters. The number of rotatable bonds is 4. The Morgan fingerprint density at radius 3 is 2.86 bits per heavy atom. The van der Waals surface area contributed by atoms with E-state index < -0.39 is 0 Å². The van der Waals surface area contributed by atoms with E-state index in [1.807, 2.05) is 16.8 Å². The van der Waals surface area contributed by atoms with Crippen LogP contribution in [-0.4, -0.2) is 45.6 Å². The Morgan fingerprint density at radius 2 is 2.11 bits per heavy atom. The van der Waals surface area contributed by atoms with Crippen LogP contribution in [0.15, 0.2) is 41.3 Å². The molecule has 0 radical (unpaired) electrons. The number of esters is 1. The third-order valence-electron chi connectivity index (χ3n) is 5.21. The Hall–Kier alpha value is -2.64. The number of likely N-dealkylation sites (tertiary alicyclic amines) is 1. The van der Waals surface area contributed by atoms with Gasteiger partial charge in [0.25, 0.3) is 5.56 Å². The van der Waals surface area contributed by atoms with Crippen LogP contribution in [-0.2, 0) is 11.3 Å².